The zero-order valence-electron chi connectivity index (χ0n) is 14.5. The fourth-order valence-corrected chi connectivity index (χ4v) is 3.80. The molecule has 2 rings (SSSR count). The summed E-state index contributed by atoms with van der Waals surface area (Å²) in [4.78, 5) is 0. The second-order valence-corrected chi connectivity index (χ2v) is 8.10. The van der Waals surface area contributed by atoms with Crippen LogP contribution in [-0.4, -0.2) is 38.0 Å². The Labute approximate surface area is 131 Å². The van der Waals surface area contributed by atoms with Gasteiger partial charge in [-0.15, -0.1) is 0 Å². The van der Waals surface area contributed by atoms with E-state index in [0.717, 1.165) is 38.6 Å². The summed E-state index contributed by atoms with van der Waals surface area (Å²) < 4.78 is 12.1. The molecule has 0 aromatic heterocycles. The smallest absolute Gasteiger partial charge is 0.0838 e. The van der Waals surface area contributed by atoms with Gasteiger partial charge in [-0.3, -0.25) is 0 Å². The average Bonchev–Trinajstić information content (AvgIpc) is 2.91. The molecule has 0 spiro atoms. The highest BCUT2D eigenvalue weighted by atomic mass is 16.6. The molecule has 0 bridgehead atoms. The molecule has 2 aliphatic rings. The van der Waals surface area contributed by atoms with E-state index >= 15 is 0 Å². The van der Waals surface area contributed by atoms with Crippen molar-refractivity contribution in [3.63, 3.8) is 0 Å². The van der Waals surface area contributed by atoms with Crippen molar-refractivity contribution < 1.29 is 9.47 Å². The summed E-state index contributed by atoms with van der Waals surface area (Å²) in [5, 5.41) is 3.61. The van der Waals surface area contributed by atoms with Crippen LogP contribution in [0.3, 0.4) is 0 Å². The summed E-state index contributed by atoms with van der Waals surface area (Å²) in [6.07, 6.45) is 7.56. The Kier molecular flexibility index (Phi) is 6.10. The van der Waals surface area contributed by atoms with Crippen molar-refractivity contribution in [1.82, 2.24) is 5.32 Å². The zero-order chi connectivity index (χ0) is 15.3. The monoisotopic (exact) mass is 297 g/mol. The molecule has 3 nitrogen and oxygen atoms in total. The SMILES string of the molecule is CCCNCC1(OC2CCOC2)CCC(C(C)(C)C)CC1. The predicted octanol–water partition coefficient (Wildman–Crippen LogP) is 3.77. The summed E-state index contributed by atoms with van der Waals surface area (Å²) in [6.45, 7) is 13.1. The van der Waals surface area contributed by atoms with E-state index in [1.165, 1.54) is 32.1 Å². The van der Waals surface area contributed by atoms with Crippen LogP contribution in [0.4, 0.5) is 0 Å². The number of ether oxygens (including phenoxy) is 2. The lowest BCUT2D eigenvalue weighted by Gasteiger charge is -2.45. The summed E-state index contributed by atoms with van der Waals surface area (Å²) in [5.41, 5.74) is 0.481. The van der Waals surface area contributed by atoms with Crippen LogP contribution in [0.1, 0.15) is 66.2 Å². The van der Waals surface area contributed by atoms with Gasteiger partial charge in [0.15, 0.2) is 0 Å². The number of hydrogen-bond donors (Lipinski definition) is 1. The highest BCUT2D eigenvalue weighted by Gasteiger charge is 2.41. The first-order valence-corrected chi connectivity index (χ1v) is 8.91. The zero-order valence-corrected chi connectivity index (χ0v) is 14.5. The molecule has 0 amide bonds. The van der Waals surface area contributed by atoms with Gasteiger partial charge in [-0.2, -0.15) is 0 Å². The van der Waals surface area contributed by atoms with E-state index in [0.29, 0.717) is 11.5 Å². The first-order chi connectivity index (χ1) is 9.95. The van der Waals surface area contributed by atoms with Crippen LogP contribution >= 0.6 is 0 Å². The second kappa shape index (κ2) is 7.43. The normalized spacial score (nSPS) is 34.3. The molecule has 1 unspecified atom stereocenters. The first kappa shape index (κ1) is 17.2. The van der Waals surface area contributed by atoms with E-state index in [4.69, 9.17) is 9.47 Å². The van der Waals surface area contributed by atoms with Gasteiger partial charge in [0.05, 0.1) is 18.3 Å². The van der Waals surface area contributed by atoms with Gasteiger partial charge >= 0.3 is 0 Å². The van der Waals surface area contributed by atoms with Crippen LogP contribution in [0.5, 0.6) is 0 Å². The van der Waals surface area contributed by atoms with Gasteiger partial charge < -0.3 is 14.8 Å². The molecular weight excluding hydrogens is 262 g/mol. The molecule has 124 valence electrons. The van der Waals surface area contributed by atoms with Crippen LogP contribution in [-0.2, 0) is 9.47 Å². The van der Waals surface area contributed by atoms with E-state index in [-0.39, 0.29) is 5.60 Å². The molecule has 0 radical (unpaired) electrons. The Morgan fingerprint density at radius 1 is 1.19 bits per heavy atom. The lowest BCUT2D eigenvalue weighted by molar-refractivity contribution is -0.122. The minimum absolute atomic E-state index is 0.0509. The number of hydrogen-bond acceptors (Lipinski definition) is 3. The Morgan fingerprint density at radius 3 is 2.43 bits per heavy atom. The highest BCUT2D eigenvalue weighted by Crippen LogP contribution is 2.43. The van der Waals surface area contributed by atoms with Crippen molar-refractivity contribution in [2.24, 2.45) is 11.3 Å². The molecule has 1 saturated carbocycles. The minimum Gasteiger partial charge on any atom is -0.379 e. The summed E-state index contributed by atoms with van der Waals surface area (Å²) in [5.74, 6) is 0.834. The van der Waals surface area contributed by atoms with Crippen molar-refractivity contribution in [3.8, 4) is 0 Å². The molecule has 1 N–H and O–H groups in total. The number of nitrogens with one attached hydrogen (secondary N) is 1. The molecule has 1 aliphatic heterocycles. The van der Waals surface area contributed by atoms with Crippen molar-refractivity contribution in [2.45, 2.75) is 77.9 Å². The summed E-state index contributed by atoms with van der Waals surface area (Å²) >= 11 is 0. The Bertz CT molecular complexity index is 297. The van der Waals surface area contributed by atoms with E-state index in [1.807, 2.05) is 0 Å². The maximum atomic E-state index is 6.56. The maximum Gasteiger partial charge on any atom is 0.0838 e. The Morgan fingerprint density at radius 2 is 1.90 bits per heavy atom. The Balaban J connectivity index is 1.93. The van der Waals surface area contributed by atoms with E-state index in [2.05, 4.69) is 33.0 Å². The largest absolute Gasteiger partial charge is 0.379 e. The highest BCUT2D eigenvalue weighted by molar-refractivity contribution is 4.93. The van der Waals surface area contributed by atoms with Gasteiger partial charge in [0.2, 0.25) is 0 Å². The van der Waals surface area contributed by atoms with Crippen molar-refractivity contribution in [1.29, 1.82) is 0 Å². The summed E-state index contributed by atoms with van der Waals surface area (Å²) in [6, 6.07) is 0. The molecule has 1 heterocycles. The lowest BCUT2D eigenvalue weighted by Crippen LogP contribution is -2.49. The van der Waals surface area contributed by atoms with Crippen LogP contribution in [0.15, 0.2) is 0 Å². The average molecular weight is 297 g/mol. The molecule has 1 atom stereocenters. The van der Waals surface area contributed by atoms with Gasteiger partial charge in [0, 0.05) is 13.2 Å². The maximum absolute atomic E-state index is 6.56. The molecule has 21 heavy (non-hydrogen) atoms. The van der Waals surface area contributed by atoms with Crippen LogP contribution in [0.25, 0.3) is 0 Å². The van der Waals surface area contributed by atoms with Gasteiger partial charge in [-0.05, 0) is 56.4 Å². The molecule has 0 aromatic rings. The fraction of sp³-hybridized carbons (Fsp3) is 1.00. The van der Waals surface area contributed by atoms with Crippen molar-refractivity contribution in [2.75, 3.05) is 26.3 Å². The van der Waals surface area contributed by atoms with Crippen LogP contribution < -0.4 is 5.32 Å². The summed E-state index contributed by atoms with van der Waals surface area (Å²) in [7, 11) is 0. The molecule has 3 heteroatoms. The third-order valence-electron chi connectivity index (χ3n) is 5.30. The standard InChI is InChI=1S/C18H35NO2/c1-5-11-19-14-18(21-16-8-12-20-13-16)9-6-15(7-10-18)17(2,3)4/h15-16,19H,5-14H2,1-4H3. The Hall–Kier alpha value is -0.120. The molecular formula is C18H35NO2. The molecule has 1 aliphatic carbocycles. The van der Waals surface area contributed by atoms with Gasteiger partial charge in [-0.1, -0.05) is 27.7 Å². The van der Waals surface area contributed by atoms with E-state index in [9.17, 15) is 0 Å². The predicted molar refractivity (Wildman–Crippen MR) is 87.6 cm³/mol. The van der Waals surface area contributed by atoms with Crippen LogP contribution in [0, 0.1) is 11.3 Å². The van der Waals surface area contributed by atoms with Crippen molar-refractivity contribution >= 4 is 0 Å². The van der Waals surface area contributed by atoms with E-state index < -0.39 is 0 Å². The lowest BCUT2D eigenvalue weighted by atomic mass is 9.68. The fourth-order valence-electron chi connectivity index (χ4n) is 3.80. The molecule has 1 saturated heterocycles. The quantitative estimate of drug-likeness (QED) is 0.757. The van der Waals surface area contributed by atoms with Gasteiger partial charge in [-0.25, -0.2) is 0 Å². The topological polar surface area (TPSA) is 30.5 Å². The second-order valence-electron chi connectivity index (χ2n) is 8.10. The third-order valence-corrected chi connectivity index (χ3v) is 5.30. The van der Waals surface area contributed by atoms with Gasteiger partial charge in [0.25, 0.3) is 0 Å². The molecule has 0 aromatic carbocycles. The first-order valence-electron chi connectivity index (χ1n) is 8.91. The van der Waals surface area contributed by atoms with Gasteiger partial charge in [0.1, 0.15) is 0 Å². The van der Waals surface area contributed by atoms with Crippen LogP contribution in [0.2, 0.25) is 0 Å². The van der Waals surface area contributed by atoms with E-state index in [1.54, 1.807) is 0 Å². The minimum atomic E-state index is 0.0509. The molecule has 2 fully saturated rings. The third kappa shape index (κ3) is 4.94. The number of rotatable bonds is 6. The van der Waals surface area contributed by atoms with Crippen molar-refractivity contribution in [3.05, 3.63) is 0 Å².